The van der Waals surface area contributed by atoms with E-state index in [-0.39, 0.29) is 36.0 Å². The van der Waals surface area contributed by atoms with Crippen LogP contribution in [-0.2, 0) is 16.1 Å². The number of halogens is 1. The van der Waals surface area contributed by atoms with Crippen LogP contribution in [0, 0.1) is 11.7 Å². The van der Waals surface area contributed by atoms with Crippen LogP contribution in [0.25, 0.3) is 5.65 Å². The Morgan fingerprint density at radius 2 is 1.97 bits per heavy atom. The normalized spacial score (nSPS) is 19.1. The molecule has 29 heavy (non-hydrogen) atoms. The molecule has 1 atom stereocenters. The maximum atomic E-state index is 13.3. The Morgan fingerprint density at radius 1 is 1.17 bits per heavy atom. The van der Waals surface area contributed by atoms with Crippen LogP contribution in [0.5, 0.6) is 0 Å². The molecule has 2 aromatic heterocycles. The van der Waals surface area contributed by atoms with Crippen LogP contribution in [0.4, 0.5) is 10.1 Å². The van der Waals surface area contributed by atoms with Crippen LogP contribution in [0.1, 0.15) is 25.0 Å². The summed E-state index contributed by atoms with van der Waals surface area (Å²) in [6, 6.07) is 11.9. The number of benzene rings is 1. The average molecular weight is 392 g/mol. The number of hydrogen-bond acceptors (Lipinski definition) is 3. The molecule has 2 amide bonds. The van der Waals surface area contributed by atoms with Gasteiger partial charge in [0, 0.05) is 30.9 Å². The molecule has 0 N–H and O–H groups in total. The number of amides is 2. The number of hydrogen-bond donors (Lipinski definition) is 0. The number of carbonyl (C=O) groups excluding carboxylic acids is 2. The van der Waals surface area contributed by atoms with E-state index in [0.29, 0.717) is 18.8 Å². The minimum Gasteiger partial charge on any atom is -0.334 e. The summed E-state index contributed by atoms with van der Waals surface area (Å²) in [7, 11) is 0. The number of aromatic nitrogens is 2. The van der Waals surface area contributed by atoms with Crippen LogP contribution in [-0.4, -0.2) is 38.7 Å². The molecule has 2 aliphatic rings. The van der Waals surface area contributed by atoms with Crippen molar-refractivity contribution in [3.63, 3.8) is 0 Å². The maximum absolute atomic E-state index is 13.3. The first-order valence-electron chi connectivity index (χ1n) is 9.87. The highest BCUT2D eigenvalue weighted by Gasteiger charge is 2.41. The third kappa shape index (κ3) is 3.37. The van der Waals surface area contributed by atoms with Crippen molar-refractivity contribution < 1.29 is 14.0 Å². The maximum Gasteiger partial charge on any atom is 0.228 e. The van der Waals surface area contributed by atoms with Gasteiger partial charge >= 0.3 is 0 Å². The topological polar surface area (TPSA) is 57.9 Å². The molecule has 1 saturated heterocycles. The molecule has 0 radical (unpaired) electrons. The van der Waals surface area contributed by atoms with Crippen LogP contribution in [0.2, 0.25) is 0 Å². The number of carbonyl (C=O) groups is 2. The first-order chi connectivity index (χ1) is 14.1. The van der Waals surface area contributed by atoms with Crippen molar-refractivity contribution in [3.8, 4) is 0 Å². The van der Waals surface area contributed by atoms with Gasteiger partial charge in [0.25, 0.3) is 0 Å². The highest BCUT2D eigenvalue weighted by Crippen LogP contribution is 2.33. The minimum absolute atomic E-state index is 0.0105. The van der Waals surface area contributed by atoms with E-state index in [9.17, 15) is 14.0 Å². The van der Waals surface area contributed by atoms with E-state index in [1.165, 1.54) is 12.1 Å². The van der Waals surface area contributed by atoms with Crippen molar-refractivity contribution in [2.24, 2.45) is 5.92 Å². The first kappa shape index (κ1) is 17.8. The number of rotatable bonds is 5. The van der Waals surface area contributed by atoms with Gasteiger partial charge in [-0.3, -0.25) is 9.59 Å². The molecule has 1 aromatic carbocycles. The highest BCUT2D eigenvalue weighted by molar-refractivity contribution is 6.00. The molecule has 3 heterocycles. The Morgan fingerprint density at radius 3 is 2.72 bits per heavy atom. The number of fused-ring (bicyclic) bond motifs is 1. The summed E-state index contributed by atoms with van der Waals surface area (Å²) in [6.07, 6.45) is 5.92. The molecule has 1 aliphatic heterocycles. The van der Waals surface area contributed by atoms with E-state index in [2.05, 4.69) is 4.98 Å². The third-order valence-electron chi connectivity index (χ3n) is 5.71. The lowest BCUT2D eigenvalue weighted by Gasteiger charge is -2.25. The molecule has 5 rings (SSSR count). The highest BCUT2D eigenvalue weighted by atomic mass is 19.1. The van der Waals surface area contributed by atoms with Crippen molar-refractivity contribution in [2.45, 2.75) is 31.8 Å². The predicted octanol–water partition coefficient (Wildman–Crippen LogP) is 3.02. The Bertz CT molecular complexity index is 1070. The fourth-order valence-electron chi connectivity index (χ4n) is 4.03. The Hall–Kier alpha value is -3.22. The van der Waals surface area contributed by atoms with Gasteiger partial charge in [-0.25, -0.2) is 9.37 Å². The van der Waals surface area contributed by atoms with E-state index in [4.69, 9.17) is 0 Å². The van der Waals surface area contributed by atoms with E-state index in [1.54, 1.807) is 17.0 Å². The Balaban J connectivity index is 1.35. The van der Waals surface area contributed by atoms with Gasteiger partial charge in [-0.1, -0.05) is 6.07 Å². The van der Waals surface area contributed by atoms with E-state index >= 15 is 0 Å². The largest absolute Gasteiger partial charge is 0.334 e. The average Bonchev–Trinajstić information content (AvgIpc) is 3.38. The smallest absolute Gasteiger partial charge is 0.228 e. The van der Waals surface area contributed by atoms with Gasteiger partial charge in [0.1, 0.15) is 11.5 Å². The number of imidazole rings is 1. The minimum atomic E-state index is -0.382. The van der Waals surface area contributed by atoms with Gasteiger partial charge in [-0.2, -0.15) is 0 Å². The van der Waals surface area contributed by atoms with Crippen molar-refractivity contribution >= 4 is 23.1 Å². The summed E-state index contributed by atoms with van der Waals surface area (Å²) in [4.78, 5) is 33.7. The number of pyridine rings is 1. The third-order valence-corrected chi connectivity index (χ3v) is 5.71. The lowest BCUT2D eigenvalue weighted by molar-refractivity contribution is -0.137. The molecule has 0 spiro atoms. The Kier molecular flexibility index (Phi) is 4.30. The van der Waals surface area contributed by atoms with Gasteiger partial charge in [0.05, 0.1) is 24.4 Å². The standard InChI is InChI=1S/C22H21FN4O2/c23-16-4-6-17(7-5-16)26-13-15(11-21(26)28)22(29)27(18-8-9-18)14-19-12-24-20-3-1-2-10-25(19)20/h1-7,10,12,15,18H,8-9,11,13-14H2. The zero-order valence-corrected chi connectivity index (χ0v) is 15.9. The predicted molar refractivity (Wildman–Crippen MR) is 106 cm³/mol. The lowest BCUT2D eigenvalue weighted by atomic mass is 10.1. The van der Waals surface area contributed by atoms with Gasteiger partial charge in [-0.15, -0.1) is 0 Å². The van der Waals surface area contributed by atoms with Gasteiger partial charge < -0.3 is 14.2 Å². The van der Waals surface area contributed by atoms with Crippen LogP contribution < -0.4 is 4.90 Å². The molecule has 0 bridgehead atoms. The molecular weight excluding hydrogens is 371 g/mol. The monoisotopic (exact) mass is 392 g/mol. The molecule has 1 aliphatic carbocycles. The first-order valence-corrected chi connectivity index (χ1v) is 9.87. The van der Waals surface area contributed by atoms with Crippen molar-refractivity contribution in [3.05, 3.63) is 66.4 Å². The molecule has 6 nitrogen and oxygen atoms in total. The number of nitrogens with zero attached hydrogens (tertiary/aromatic N) is 4. The zero-order valence-electron chi connectivity index (χ0n) is 15.9. The number of anilines is 1. The van der Waals surface area contributed by atoms with Crippen molar-refractivity contribution in [1.82, 2.24) is 14.3 Å². The SMILES string of the molecule is O=C1CC(C(=O)N(Cc2cnc3ccccn23)C2CC2)CN1c1ccc(F)cc1. The lowest BCUT2D eigenvalue weighted by Crippen LogP contribution is -2.38. The second kappa shape index (κ2) is 6.99. The molecular formula is C22H21FN4O2. The van der Waals surface area contributed by atoms with Crippen LogP contribution >= 0.6 is 0 Å². The zero-order chi connectivity index (χ0) is 20.0. The van der Waals surface area contributed by atoms with Crippen molar-refractivity contribution in [2.75, 3.05) is 11.4 Å². The molecule has 3 aromatic rings. The fourth-order valence-corrected chi connectivity index (χ4v) is 4.03. The van der Waals surface area contributed by atoms with Crippen LogP contribution in [0.15, 0.2) is 54.9 Å². The van der Waals surface area contributed by atoms with Gasteiger partial charge in [0.2, 0.25) is 11.8 Å². The van der Waals surface area contributed by atoms with E-state index in [1.807, 2.05) is 39.9 Å². The Labute approximate surface area is 167 Å². The molecule has 1 saturated carbocycles. The summed E-state index contributed by atoms with van der Waals surface area (Å²) < 4.78 is 15.2. The summed E-state index contributed by atoms with van der Waals surface area (Å²) in [6.45, 7) is 0.815. The molecule has 1 unspecified atom stereocenters. The van der Waals surface area contributed by atoms with E-state index < -0.39 is 0 Å². The quantitative estimate of drug-likeness (QED) is 0.671. The molecule has 7 heteroatoms. The summed E-state index contributed by atoms with van der Waals surface area (Å²) in [5.74, 6) is -0.815. The van der Waals surface area contributed by atoms with Gasteiger partial charge in [-0.05, 0) is 49.2 Å². The van der Waals surface area contributed by atoms with Crippen molar-refractivity contribution in [1.29, 1.82) is 0 Å². The summed E-state index contributed by atoms with van der Waals surface area (Å²) in [5, 5.41) is 0. The summed E-state index contributed by atoms with van der Waals surface area (Å²) >= 11 is 0. The van der Waals surface area contributed by atoms with Crippen LogP contribution in [0.3, 0.4) is 0 Å². The van der Waals surface area contributed by atoms with Gasteiger partial charge in [0.15, 0.2) is 0 Å². The second-order valence-corrected chi connectivity index (χ2v) is 7.76. The fraction of sp³-hybridized carbons (Fsp3) is 0.318. The van der Waals surface area contributed by atoms with E-state index in [0.717, 1.165) is 24.2 Å². The molecule has 148 valence electrons. The summed E-state index contributed by atoms with van der Waals surface area (Å²) in [5.41, 5.74) is 2.44. The molecule has 2 fully saturated rings. The second-order valence-electron chi connectivity index (χ2n) is 7.76.